The van der Waals surface area contributed by atoms with Crippen LogP contribution >= 0.6 is 0 Å². The van der Waals surface area contributed by atoms with Gasteiger partial charge < -0.3 is 10.6 Å². The number of benzene rings is 1. The molecule has 1 aromatic heterocycles. The van der Waals surface area contributed by atoms with Gasteiger partial charge in [0.05, 0.1) is 18.1 Å². The van der Waals surface area contributed by atoms with Crippen LogP contribution in [0, 0.1) is 0 Å². The van der Waals surface area contributed by atoms with Gasteiger partial charge in [-0.25, -0.2) is 9.97 Å². The Balaban J connectivity index is 1.97. The first kappa shape index (κ1) is 18.3. The summed E-state index contributed by atoms with van der Waals surface area (Å²) in [6.45, 7) is 6.08. The van der Waals surface area contributed by atoms with E-state index in [2.05, 4.69) is 20.6 Å². The maximum Gasteiger partial charge on any atom is 0.251 e. The van der Waals surface area contributed by atoms with Crippen molar-refractivity contribution < 1.29 is 9.59 Å². The molecule has 1 heterocycles. The fraction of sp³-hybridized carbons (Fsp3) is 0.263. The predicted molar refractivity (Wildman–Crippen MR) is 98.2 cm³/mol. The van der Waals surface area contributed by atoms with Crippen molar-refractivity contribution in [2.45, 2.75) is 26.2 Å². The number of nitrogens with zero attached hydrogens (tertiary/aromatic N) is 2. The van der Waals surface area contributed by atoms with Crippen molar-refractivity contribution in [1.82, 2.24) is 15.3 Å². The molecule has 0 unspecified atom stereocenters. The van der Waals surface area contributed by atoms with Crippen molar-refractivity contribution in [3.63, 3.8) is 0 Å². The van der Waals surface area contributed by atoms with Gasteiger partial charge in [0.2, 0.25) is 5.91 Å². The number of carbonyl (C=O) groups is 2. The van der Waals surface area contributed by atoms with Crippen molar-refractivity contribution in [2.24, 2.45) is 0 Å². The molecule has 0 radical (unpaired) electrons. The van der Waals surface area contributed by atoms with Gasteiger partial charge in [-0.1, -0.05) is 32.9 Å². The Kier molecular flexibility index (Phi) is 5.64. The second-order valence-corrected chi connectivity index (χ2v) is 6.57. The standard InChI is InChI=1S/C19H22N4O2/c1-19(2,3)18-21-11-15(12-22-18)23-16(24)10-7-13-5-8-14(9-6-13)17(25)20-4/h5-12H,1-4H3,(H,20,25)(H,23,24)/b10-7+. The number of nitrogens with one attached hydrogen (secondary N) is 2. The first-order valence-electron chi connectivity index (χ1n) is 7.93. The Morgan fingerprint density at radius 1 is 1.04 bits per heavy atom. The van der Waals surface area contributed by atoms with Crippen molar-refractivity contribution in [2.75, 3.05) is 12.4 Å². The monoisotopic (exact) mass is 338 g/mol. The molecule has 2 N–H and O–H groups in total. The molecule has 0 fully saturated rings. The van der Waals surface area contributed by atoms with Crippen molar-refractivity contribution >= 4 is 23.6 Å². The first-order chi connectivity index (χ1) is 11.8. The molecular formula is C19H22N4O2. The molecule has 130 valence electrons. The van der Waals surface area contributed by atoms with Crippen LogP contribution in [0.5, 0.6) is 0 Å². The van der Waals surface area contributed by atoms with Crippen LogP contribution in [0.15, 0.2) is 42.7 Å². The molecule has 2 aromatic rings. The van der Waals surface area contributed by atoms with Gasteiger partial charge in [-0.15, -0.1) is 0 Å². The molecule has 0 spiro atoms. The van der Waals surface area contributed by atoms with Gasteiger partial charge in [-0.2, -0.15) is 0 Å². The summed E-state index contributed by atoms with van der Waals surface area (Å²) in [5.41, 5.74) is 1.79. The van der Waals surface area contributed by atoms with E-state index >= 15 is 0 Å². The lowest BCUT2D eigenvalue weighted by Crippen LogP contribution is -2.17. The molecule has 2 amide bonds. The second kappa shape index (κ2) is 7.70. The molecule has 0 bridgehead atoms. The Bertz CT molecular complexity index is 773. The first-order valence-corrected chi connectivity index (χ1v) is 7.93. The molecule has 0 aliphatic heterocycles. The van der Waals surface area contributed by atoms with Gasteiger partial charge in [0, 0.05) is 24.1 Å². The van der Waals surface area contributed by atoms with Gasteiger partial charge >= 0.3 is 0 Å². The summed E-state index contributed by atoms with van der Waals surface area (Å²) < 4.78 is 0. The van der Waals surface area contributed by atoms with E-state index in [1.165, 1.54) is 6.08 Å². The molecule has 6 nitrogen and oxygen atoms in total. The van der Waals surface area contributed by atoms with Gasteiger partial charge in [0.25, 0.3) is 5.91 Å². The van der Waals surface area contributed by atoms with Crippen LogP contribution in [-0.4, -0.2) is 28.8 Å². The minimum atomic E-state index is -0.275. The van der Waals surface area contributed by atoms with E-state index in [-0.39, 0.29) is 17.2 Å². The molecule has 0 aliphatic rings. The summed E-state index contributed by atoms with van der Waals surface area (Å²) in [6, 6.07) is 6.95. The van der Waals surface area contributed by atoms with Crippen LogP contribution in [0.25, 0.3) is 6.08 Å². The van der Waals surface area contributed by atoms with E-state index in [1.54, 1.807) is 49.8 Å². The molecule has 0 atom stereocenters. The maximum absolute atomic E-state index is 12.0. The molecule has 2 rings (SSSR count). The van der Waals surface area contributed by atoms with Crippen molar-refractivity contribution in [3.05, 3.63) is 59.7 Å². The zero-order valence-corrected chi connectivity index (χ0v) is 14.8. The quantitative estimate of drug-likeness (QED) is 0.840. The fourth-order valence-electron chi connectivity index (χ4n) is 2.03. The van der Waals surface area contributed by atoms with E-state index < -0.39 is 0 Å². The highest BCUT2D eigenvalue weighted by molar-refractivity contribution is 6.01. The van der Waals surface area contributed by atoms with E-state index in [0.29, 0.717) is 11.3 Å². The Labute approximate surface area is 147 Å². The molecule has 0 saturated heterocycles. The van der Waals surface area contributed by atoms with Crippen molar-refractivity contribution in [3.8, 4) is 0 Å². The predicted octanol–water partition coefficient (Wildman–Crippen LogP) is 2.79. The van der Waals surface area contributed by atoms with E-state index in [0.717, 1.165) is 11.4 Å². The zero-order chi connectivity index (χ0) is 18.4. The lowest BCUT2D eigenvalue weighted by Gasteiger charge is -2.15. The third-order valence-corrected chi connectivity index (χ3v) is 3.42. The molecule has 0 saturated carbocycles. The number of carbonyl (C=O) groups excluding carboxylic acids is 2. The van der Waals surface area contributed by atoms with E-state index in [1.807, 2.05) is 20.8 Å². The third-order valence-electron chi connectivity index (χ3n) is 3.42. The third kappa shape index (κ3) is 5.24. The molecule has 1 aromatic carbocycles. The average Bonchev–Trinajstić information content (AvgIpc) is 2.59. The van der Waals surface area contributed by atoms with Gasteiger partial charge in [-0.05, 0) is 23.8 Å². The minimum Gasteiger partial charge on any atom is -0.355 e. The van der Waals surface area contributed by atoms with Crippen LogP contribution < -0.4 is 10.6 Å². The number of aromatic nitrogens is 2. The van der Waals surface area contributed by atoms with Crippen LogP contribution in [-0.2, 0) is 10.2 Å². The lowest BCUT2D eigenvalue weighted by molar-refractivity contribution is -0.111. The average molecular weight is 338 g/mol. The Morgan fingerprint density at radius 3 is 2.16 bits per heavy atom. The van der Waals surface area contributed by atoms with Crippen LogP contribution in [0.4, 0.5) is 5.69 Å². The number of hydrogen-bond acceptors (Lipinski definition) is 4. The zero-order valence-electron chi connectivity index (χ0n) is 14.8. The summed E-state index contributed by atoms with van der Waals surface area (Å²) in [5, 5.41) is 5.27. The number of anilines is 1. The maximum atomic E-state index is 12.0. The van der Waals surface area contributed by atoms with Crippen LogP contribution in [0.3, 0.4) is 0 Å². The SMILES string of the molecule is CNC(=O)c1ccc(/C=C/C(=O)Nc2cnc(C(C)(C)C)nc2)cc1. The number of hydrogen-bond donors (Lipinski definition) is 2. The van der Waals surface area contributed by atoms with Gasteiger partial charge in [0.1, 0.15) is 5.82 Å². The Morgan fingerprint density at radius 2 is 1.64 bits per heavy atom. The van der Waals surface area contributed by atoms with E-state index in [4.69, 9.17) is 0 Å². The largest absolute Gasteiger partial charge is 0.355 e. The van der Waals surface area contributed by atoms with Crippen LogP contribution in [0.2, 0.25) is 0 Å². The normalized spacial score (nSPS) is 11.4. The highest BCUT2D eigenvalue weighted by Crippen LogP contribution is 2.18. The lowest BCUT2D eigenvalue weighted by atomic mass is 9.96. The Hall–Kier alpha value is -3.02. The van der Waals surface area contributed by atoms with Gasteiger partial charge in [-0.3, -0.25) is 9.59 Å². The second-order valence-electron chi connectivity index (χ2n) is 6.57. The molecule has 6 heteroatoms. The van der Waals surface area contributed by atoms with Crippen molar-refractivity contribution in [1.29, 1.82) is 0 Å². The highest BCUT2D eigenvalue weighted by atomic mass is 16.2. The fourth-order valence-corrected chi connectivity index (χ4v) is 2.03. The summed E-state index contributed by atoms with van der Waals surface area (Å²) in [6.07, 6.45) is 6.29. The van der Waals surface area contributed by atoms with E-state index in [9.17, 15) is 9.59 Å². The summed E-state index contributed by atoms with van der Waals surface area (Å²) >= 11 is 0. The molecular weight excluding hydrogens is 316 g/mol. The summed E-state index contributed by atoms with van der Waals surface area (Å²) in [4.78, 5) is 32.0. The van der Waals surface area contributed by atoms with Gasteiger partial charge in [0.15, 0.2) is 0 Å². The smallest absolute Gasteiger partial charge is 0.251 e. The molecule has 0 aliphatic carbocycles. The molecule has 25 heavy (non-hydrogen) atoms. The summed E-state index contributed by atoms with van der Waals surface area (Å²) in [5.74, 6) is 0.298. The number of rotatable bonds is 4. The highest BCUT2D eigenvalue weighted by Gasteiger charge is 2.16. The van der Waals surface area contributed by atoms with Crippen LogP contribution in [0.1, 0.15) is 42.5 Å². The topological polar surface area (TPSA) is 84.0 Å². The minimum absolute atomic E-state index is 0.136. The number of amides is 2. The summed E-state index contributed by atoms with van der Waals surface area (Å²) in [7, 11) is 1.58.